The van der Waals surface area contributed by atoms with Gasteiger partial charge in [0.15, 0.2) is 0 Å². The maximum Gasteiger partial charge on any atom is 0.331 e. The van der Waals surface area contributed by atoms with Gasteiger partial charge in [-0.05, 0) is 43.0 Å². The van der Waals surface area contributed by atoms with Crippen LogP contribution in [-0.2, 0) is 19.3 Å². The highest BCUT2D eigenvalue weighted by Gasteiger charge is 2.29. The van der Waals surface area contributed by atoms with Gasteiger partial charge in [0.25, 0.3) is 5.69 Å². The quantitative estimate of drug-likeness (QED) is 0.147. The van der Waals surface area contributed by atoms with E-state index in [1.165, 1.54) is 39.5 Å². The van der Waals surface area contributed by atoms with Crippen LogP contribution >= 0.6 is 0 Å². The average Bonchev–Trinajstić information content (AvgIpc) is 2.88. The Balaban J connectivity index is 0.00000145. The maximum absolute atomic E-state index is 11.5. The summed E-state index contributed by atoms with van der Waals surface area (Å²) < 4.78 is 0. The Morgan fingerprint density at radius 3 is 2.03 bits per heavy atom. The lowest BCUT2D eigenvalue weighted by atomic mass is 9.79. The molecule has 0 spiro atoms. The number of oxime groups is 2. The Labute approximate surface area is 211 Å². The third-order valence-electron chi connectivity index (χ3n) is 5.94. The van der Waals surface area contributed by atoms with Crippen molar-refractivity contribution in [1.82, 2.24) is 0 Å². The van der Waals surface area contributed by atoms with E-state index in [4.69, 9.17) is 14.5 Å². The largest absolute Gasteiger partial charge is 0.399 e. The summed E-state index contributed by atoms with van der Waals surface area (Å²) in [6.07, 6.45) is 6.38. The molecule has 0 aromatic heterocycles. The summed E-state index contributed by atoms with van der Waals surface area (Å²) in [5.41, 5.74) is 4.12. The highest BCUT2D eigenvalue weighted by atomic mass is 16.7. The molecular weight excluding hydrogens is 462 g/mol. The van der Waals surface area contributed by atoms with Crippen molar-refractivity contribution >= 4 is 29.4 Å². The predicted octanol–water partition coefficient (Wildman–Crippen LogP) is 5.95. The third kappa shape index (κ3) is 8.11. The second kappa shape index (κ2) is 14.5. The van der Waals surface area contributed by atoms with Gasteiger partial charge in [0.05, 0.1) is 16.3 Å². The van der Waals surface area contributed by atoms with Gasteiger partial charge >= 0.3 is 5.97 Å². The topological polar surface area (TPSA) is 120 Å². The van der Waals surface area contributed by atoms with E-state index >= 15 is 0 Å². The second-order valence-corrected chi connectivity index (χ2v) is 8.43. The molecule has 2 aromatic rings. The van der Waals surface area contributed by atoms with Crippen molar-refractivity contribution in [1.29, 1.82) is 0 Å². The van der Waals surface area contributed by atoms with Crippen molar-refractivity contribution in [2.45, 2.75) is 52.9 Å². The van der Waals surface area contributed by atoms with Crippen molar-refractivity contribution in [3.63, 3.8) is 0 Å². The Morgan fingerprint density at radius 2 is 1.56 bits per heavy atom. The minimum Gasteiger partial charge on any atom is -0.399 e. The molecule has 0 aliphatic heterocycles. The van der Waals surface area contributed by atoms with Crippen molar-refractivity contribution < 1.29 is 24.2 Å². The molecule has 0 saturated heterocycles. The highest BCUT2D eigenvalue weighted by Crippen LogP contribution is 2.30. The normalized spacial score (nSPS) is 15.2. The van der Waals surface area contributed by atoms with Gasteiger partial charge in [-0.3, -0.25) is 10.1 Å². The van der Waals surface area contributed by atoms with Crippen LogP contribution < -0.4 is 0 Å². The molecule has 192 valence electrons. The smallest absolute Gasteiger partial charge is 0.331 e. The molecular formula is C27H33N3O6. The lowest BCUT2D eigenvalue weighted by Gasteiger charge is -2.27. The van der Waals surface area contributed by atoms with E-state index < -0.39 is 10.9 Å². The van der Waals surface area contributed by atoms with E-state index in [1.807, 2.05) is 31.2 Å². The average molecular weight is 496 g/mol. The number of hydrogen-bond donors (Lipinski definition) is 0. The first-order valence-corrected chi connectivity index (χ1v) is 11.9. The summed E-state index contributed by atoms with van der Waals surface area (Å²) in [7, 11) is 1.54. The number of nitro benzene ring substituents is 1. The van der Waals surface area contributed by atoms with Crippen molar-refractivity contribution in [3.8, 4) is 11.1 Å². The lowest BCUT2D eigenvalue weighted by Crippen LogP contribution is -2.30. The van der Waals surface area contributed by atoms with E-state index in [1.54, 1.807) is 12.1 Å². The molecule has 36 heavy (non-hydrogen) atoms. The molecule has 0 radical (unpaired) electrons. The summed E-state index contributed by atoms with van der Waals surface area (Å²) in [6.45, 7) is 4.76. The van der Waals surface area contributed by atoms with E-state index in [9.17, 15) is 14.9 Å². The van der Waals surface area contributed by atoms with Crippen LogP contribution in [0.2, 0.25) is 0 Å². The van der Waals surface area contributed by atoms with Gasteiger partial charge in [-0.15, -0.1) is 0 Å². The van der Waals surface area contributed by atoms with Crippen LogP contribution in [0, 0.1) is 22.0 Å². The van der Waals surface area contributed by atoms with Crippen LogP contribution in [0.3, 0.4) is 0 Å². The van der Waals surface area contributed by atoms with Crippen molar-refractivity contribution in [2.75, 3.05) is 7.11 Å². The van der Waals surface area contributed by atoms with Gasteiger partial charge in [-0.1, -0.05) is 60.8 Å². The molecule has 0 heterocycles. The standard InChI is InChI=1S/C25H29N3O5.C2H4O/c1-17(24(26-32-3)21-7-5-4-6-8-21)25(27-33-18(2)29)22-11-9-19(10-12-22)20-13-15-23(16-14-20)28(30)31;1-2-3/h9-17,21H,4-8H2,1-3H3;2H,1H3/b26-24-,27-25-;. The Hall–Kier alpha value is -3.88. The van der Waals surface area contributed by atoms with Gasteiger partial charge in [-0.25, -0.2) is 4.79 Å². The zero-order valence-corrected chi connectivity index (χ0v) is 21.2. The Morgan fingerprint density at radius 1 is 1.03 bits per heavy atom. The highest BCUT2D eigenvalue weighted by molar-refractivity contribution is 6.15. The van der Waals surface area contributed by atoms with Crippen molar-refractivity contribution in [3.05, 3.63) is 64.2 Å². The predicted molar refractivity (Wildman–Crippen MR) is 139 cm³/mol. The number of aldehydes is 1. The van der Waals surface area contributed by atoms with Crippen LogP contribution in [0.25, 0.3) is 11.1 Å². The van der Waals surface area contributed by atoms with Crippen LogP contribution in [0.5, 0.6) is 0 Å². The van der Waals surface area contributed by atoms with E-state index in [2.05, 4.69) is 10.3 Å². The fraction of sp³-hybridized carbons (Fsp3) is 0.407. The first kappa shape index (κ1) is 28.4. The molecule has 9 nitrogen and oxygen atoms in total. The molecule has 0 N–H and O–H groups in total. The number of carbonyl (C=O) groups is 2. The molecule has 1 aliphatic rings. The fourth-order valence-electron chi connectivity index (χ4n) is 4.26. The van der Waals surface area contributed by atoms with E-state index in [0.717, 1.165) is 54.4 Å². The van der Waals surface area contributed by atoms with Crippen LogP contribution in [0.4, 0.5) is 5.69 Å². The monoisotopic (exact) mass is 495 g/mol. The summed E-state index contributed by atoms with van der Waals surface area (Å²) in [4.78, 5) is 41.0. The molecule has 1 saturated carbocycles. The van der Waals surface area contributed by atoms with E-state index in [-0.39, 0.29) is 11.6 Å². The number of hydrogen-bond acceptors (Lipinski definition) is 8. The number of non-ortho nitro benzene ring substituents is 1. The molecule has 1 fully saturated rings. The van der Waals surface area contributed by atoms with Crippen LogP contribution in [0.15, 0.2) is 58.8 Å². The molecule has 1 atom stereocenters. The van der Waals surface area contributed by atoms with Gasteiger partial charge < -0.3 is 14.5 Å². The van der Waals surface area contributed by atoms with Gasteiger partial charge in [0.2, 0.25) is 0 Å². The summed E-state index contributed by atoms with van der Waals surface area (Å²) in [6, 6.07) is 14.0. The fourth-order valence-corrected chi connectivity index (χ4v) is 4.26. The molecule has 1 unspecified atom stereocenters. The molecule has 0 amide bonds. The number of rotatable bonds is 8. The summed E-state index contributed by atoms with van der Waals surface area (Å²) >= 11 is 0. The zero-order chi connectivity index (χ0) is 26.5. The third-order valence-corrected chi connectivity index (χ3v) is 5.94. The van der Waals surface area contributed by atoms with Gasteiger partial charge in [-0.2, -0.15) is 0 Å². The van der Waals surface area contributed by atoms with Crippen molar-refractivity contribution in [2.24, 2.45) is 22.1 Å². The SMILES string of the molecule is CC=O.CO/N=C(\C1CCCCC1)C(C)/C(=N/OC(C)=O)c1ccc(-c2ccc([N+](=O)[O-])cc2)cc1. The maximum atomic E-state index is 11.5. The first-order valence-electron chi connectivity index (χ1n) is 11.9. The first-order chi connectivity index (χ1) is 17.3. The summed E-state index contributed by atoms with van der Waals surface area (Å²) in [5.74, 6) is -0.404. The number of nitrogens with zero attached hydrogens (tertiary/aromatic N) is 3. The molecule has 3 rings (SSSR count). The zero-order valence-electron chi connectivity index (χ0n) is 21.2. The van der Waals surface area contributed by atoms with Crippen LogP contribution in [0.1, 0.15) is 58.4 Å². The van der Waals surface area contributed by atoms with E-state index in [0.29, 0.717) is 11.6 Å². The van der Waals surface area contributed by atoms with Gasteiger partial charge in [0.1, 0.15) is 13.4 Å². The minimum atomic E-state index is -0.495. The Kier molecular flexibility index (Phi) is 11.4. The molecule has 1 aliphatic carbocycles. The molecule has 9 heteroatoms. The molecule has 0 bridgehead atoms. The number of benzene rings is 2. The lowest BCUT2D eigenvalue weighted by molar-refractivity contribution is -0.384. The number of nitro groups is 1. The number of carbonyl (C=O) groups excluding carboxylic acids is 2. The Bertz CT molecular complexity index is 1070. The molecule has 2 aromatic carbocycles. The summed E-state index contributed by atoms with van der Waals surface area (Å²) in [5, 5.41) is 19.4. The van der Waals surface area contributed by atoms with Gasteiger partial charge in [0, 0.05) is 36.5 Å². The van der Waals surface area contributed by atoms with Crippen LogP contribution in [-0.4, -0.2) is 35.7 Å². The minimum absolute atomic E-state index is 0.0488. The second-order valence-electron chi connectivity index (χ2n) is 8.43.